The second-order valence-electron chi connectivity index (χ2n) is 34.3. The maximum Gasteiger partial charge on any atom is 0.266 e. The normalized spacial score (nSPS) is 16.0. The number of anilines is 3. The molecule has 0 saturated carbocycles. The van der Waals surface area contributed by atoms with Crippen LogP contribution in [0.3, 0.4) is 0 Å². The summed E-state index contributed by atoms with van der Waals surface area (Å²) in [5.41, 5.74) is 17.0. The molecule has 562 valence electrons. The van der Waals surface area contributed by atoms with Crippen molar-refractivity contribution in [3.8, 4) is 0 Å². The number of para-hydroxylation sites is 3. The fraction of sp³-hybridized carbons (Fsp3) is 0.204. The summed E-state index contributed by atoms with van der Waals surface area (Å²) in [6, 6.07) is 50.9. The van der Waals surface area contributed by atoms with E-state index in [9.17, 15) is 0 Å². The zero-order chi connectivity index (χ0) is 79.7. The Bertz CT molecular complexity index is 7390. The molecule has 0 unspecified atom stereocenters. The van der Waals surface area contributed by atoms with E-state index in [1.165, 1.54) is 14.7 Å². The Hall–Kier alpha value is -13.7. The van der Waals surface area contributed by atoms with Crippen molar-refractivity contribution in [2.75, 3.05) is 14.7 Å². The van der Waals surface area contributed by atoms with Crippen molar-refractivity contribution < 1.29 is 28.8 Å². The van der Waals surface area contributed by atoms with Gasteiger partial charge in [-0.15, -0.1) is 0 Å². The van der Waals surface area contributed by atoms with Crippen molar-refractivity contribution in [2.24, 2.45) is 0 Å². The van der Waals surface area contributed by atoms with Crippen LogP contribution in [0.25, 0.3) is 115 Å². The first kappa shape index (κ1) is 67.9. The Morgan fingerprint density at radius 2 is 0.457 bits per heavy atom. The first-order chi connectivity index (χ1) is 55.8. The Labute approximate surface area is 660 Å². The molecule has 24 rings (SSSR count). The number of benzene rings is 12. The molecular weight excluding hydrogens is 1450 g/mol. The third-order valence-electron chi connectivity index (χ3n) is 26.2. The monoisotopic (exact) mass is 1520 g/mol. The number of imide groups is 3. The summed E-state index contributed by atoms with van der Waals surface area (Å²) in [6.45, 7) is 24.6. The van der Waals surface area contributed by atoms with E-state index >= 15 is 43.2 Å². The molecule has 3 aliphatic heterocycles. The number of amides is 6. The number of hydrogen-bond acceptors (Lipinski definition) is 12. The van der Waals surface area contributed by atoms with Crippen molar-refractivity contribution in [2.45, 2.75) is 130 Å². The van der Waals surface area contributed by atoms with Gasteiger partial charge in [0, 0.05) is 110 Å². The molecule has 0 N–H and O–H groups in total. The molecule has 18 heteroatoms. The molecule has 2 bridgehead atoms. The van der Waals surface area contributed by atoms with Gasteiger partial charge in [0.05, 0.1) is 50.2 Å². The molecule has 6 aliphatic rings. The fourth-order valence-electron chi connectivity index (χ4n) is 21.1. The number of rotatable bonds is 9. The molecule has 3 aliphatic carbocycles. The van der Waals surface area contributed by atoms with Crippen LogP contribution in [0.5, 0.6) is 0 Å². The van der Waals surface area contributed by atoms with E-state index in [2.05, 4.69) is 6.07 Å². The maximum absolute atomic E-state index is 15.8. The average molecular weight is 1520 g/mol. The number of imidazole rings is 3. The second kappa shape index (κ2) is 22.8. The van der Waals surface area contributed by atoms with Gasteiger partial charge < -0.3 is 0 Å². The Morgan fingerprint density at radius 1 is 0.250 bits per heavy atom. The minimum Gasteiger partial charge on any atom is -0.268 e. The highest BCUT2D eigenvalue weighted by Crippen LogP contribution is 2.59. The molecule has 0 saturated heterocycles. The molecule has 6 aromatic heterocycles. The molecule has 18 nitrogen and oxygen atoms in total. The van der Waals surface area contributed by atoms with Crippen LogP contribution in [0.1, 0.15) is 259 Å². The van der Waals surface area contributed by atoms with Crippen LogP contribution in [0.15, 0.2) is 178 Å². The van der Waals surface area contributed by atoms with Crippen molar-refractivity contribution in [3.63, 3.8) is 0 Å². The zero-order valence-electron chi connectivity index (χ0n) is 65.4. The lowest BCUT2D eigenvalue weighted by atomic mass is 9.61. The van der Waals surface area contributed by atoms with Crippen molar-refractivity contribution in [1.29, 1.82) is 0 Å². The first-order valence-corrected chi connectivity index (χ1v) is 40.0. The SMILES string of the molecule is CC(C)c1cccc(C(C)C)c1N1C(=O)c2ccc3c(=O)n4c5cc6c(cc5nc4c4ccc(c2c34)C1=O)C1c2cc3c(cc2C6c2cc4nc5c6ccc7c8c(ccc(c(=O)n5c4cc21)c86)C(=O)N(c1c(C(C)C)cccc1C(C)C)C7=O)nc1c2ccc4c5c(ccc(c(=O)n31)c52)C(=O)N(c1c(C(C)C)cccc1C(C)C)C4=O. The van der Waals surface area contributed by atoms with E-state index in [1.807, 2.05) is 186 Å². The third-order valence-corrected chi connectivity index (χ3v) is 26.2. The Morgan fingerprint density at radius 3 is 0.672 bits per heavy atom. The lowest BCUT2D eigenvalue weighted by molar-refractivity contribution is 0.0877. The van der Waals surface area contributed by atoms with Gasteiger partial charge in [-0.1, -0.05) is 138 Å². The predicted octanol–water partition coefficient (Wildman–Crippen LogP) is 19.5. The van der Waals surface area contributed by atoms with Gasteiger partial charge in [0.15, 0.2) is 0 Å². The largest absolute Gasteiger partial charge is 0.268 e. The first-order valence-electron chi connectivity index (χ1n) is 40.0. The summed E-state index contributed by atoms with van der Waals surface area (Å²) in [5.74, 6) is -4.11. The summed E-state index contributed by atoms with van der Waals surface area (Å²) in [5, 5.41) is 5.32. The molecule has 9 heterocycles. The minimum atomic E-state index is -0.616. The fourth-order valence-corrected chi connectivity index (χ4v) is 21.1. The van der Waals surface area contributed by atoms with E-state index < -0.39 is 47.3 Å². The number of aromatic nitrogens is 6. The van der Waals surface area contributed by atoms with Crippen molar-refractivity contribution in [1.82, 2.24) is 28.2 Å². The lowest BCUT2D eigenvalue weighted by Crippen LogP contribution is -2.42. The van der Waals surface area contributed by atoms with E-state index in [0.717, 1.165) is 66.8 Å². The molecule has 0 spiro atoms. The predicted molar refractivity (Wildman–Crippen MR) is 455 cm³/mol. The van der Waals surface area contributed by atoms with Gasteiger partial charge in [0.1, 0.15) is 16.9 Å². The molecule has 0 atom stereocenters. The standard InChI is InChI=1S/C98H71N9O9/c1-40(2)46-16-13-17-47(41(3)4)84(46)105-93(111)58-25-22-52-78-56(29-32-62(81(58)78)97(105)115)91(109)103-74-38-68-64(34-70(74)99-87(52)103)76-65-35-71-75(104-88(100-71)53-23-26-59-82-63(33-30-57(79(53)82)92(104)110)98(116)106(94(59)112)85-48(42(5)6)18-14-19-49(85)43(7)8)39-69(65)77(68)66-36-72-73(37-67(66)76)102-89(101-72)54-24-27-60-83-61(31-28-55(80(54)83)90(102)108)96(114)107(95(60)113)86-50(44(9)10)20-15-21-51(86)45(11)12/h13-45,76-77H,1-12H3. The number of hydrogen-bond donors (Lipinski definition) is 0. The second-order valence-corrected chi connectivity index (χ2v) is 34.3. The molecule has 6 amide bonds. The van der Waals surface area contributed by atoms with E-state index in [-0.39, 0.29) is 52.2 Å². The molecule has 12 aromatic carbocycles. The van der Waals surface area contributed by atoms with Crippen molar-refractivity contribution >= 4 is 167 Å². The molecule has 0 fully saturated rings. The minimum absolute atomic E-state index is 0.00917. The van der Waals surface area contributed by atoms with Crippen LogP contribution in [0.2, 0.25) is 0 Å². The van der Waals surface area contributed by atoms with Crippen LogP contribution in [0.4, 0.5) is 17.1 Å². The van der Waals surface area contributed by atoms with Gasteiger partial charge in [0.25, 0.3) is 52.1 Å². The number of nitrogens with zero attached hydrogens (tertiary/aromatic N) is 9. The summed E-state index contributed by atoms with van der Waals surface area (Å²) in [7, 11) is 0. The van der Waals surface area contributed by atoms with E-state index in [1.54, 1.807) is 67.8 Å². The summed E-state index contributed by atoms with van der Waals surface area (Å²) in [4.78, 5) is 159. The highest BCUT2D eigenvalue weighted by Gasteiger charge is 2.47. The molecular formula is C98H71N9O9. The topological polar surface area (TPSA) is 215 Å². The smallest absolute Gasteiger partial charge is 0.266 e. The van der Waals surface area contributed by atoms with Crippen LogP contribution < -0.4 is 31.4 Å². The summed E-state index contributed by atoms with van der Waals surface area (Å²) < 4.78 is 4.92. The van der Waals surface area contributed by atoms with Gasteiger partial charge in [0.2, 0.25) is 0 Å². The van der Waals surface area contributed by atoms with Crippen LogP contribution >= 0.6 is 0 Å². The van der Waals surface area contributed by atoms with Gasteiger partial charge in [-0.25, -0.2) is 29.7 Å². The van der Waals surface area contributed by atoms with Crippen LogP contribution in [-0.4, -0.2) is 63.6 Å². The number of carbonyl (C=O) groups excluding carboxylic acids is 6. The van der Waals surface area contributed by atoms with E-state index in [4.69, 9.17) is 15.0 Å². The molecule has 116 heavy (non-hydrogen) atoms. The average Bonchev–Trinajstić information content (AvgIpc) is 1.43. The third kappa shape index (κ3) is 8.24. The highest BCUT2D eigenvalue weighted by molar-refractivity contribution is 6.42. The molecule has 0 radical (unpaired) electrons. The van der Waals surface area contributed by atoms with E-state index in [0.29, 0.717) is 165 Å². The highest BCUT2D eigenvalue weighted by atomic mass is 16.2. The van der Waals surface area contributed by atoms with Gasteiger partial charge in [-0.05, 0) is 211 Å². The van der Waals surface area contributed by atoms with Gasteiger partial charge in [-0.3, -0.25) is 56.4 Å². The summed E-state index contributed by atoms with van der Waals surface area (Å²) >= 11 is 0. The van der Waals surface area contributed by atoms with Crippen molar-refractivity contribution in [3.05, 3.63) is 295 Å². The van der Waals surface area contributed by atoms with Gasteiger partial charge in [-0.2, -0.15) is 0 Å². The quantitative estimate of drug-likeness (QED) is 0.123. The number of fused-ring (bicyclic) bond motifs is 12. The lowest BCUT2D eigenvalue weighted by Gasteiger charge is -2.42. The maximum atomic E-state index is 15.8. The summed E-state index contributed by atoms with van der Waals surface area (Å²) in [6.07, 6.45) is 0. The Balaban J connectivity index is 0.731. The number of pyridine rings is 3. The number of carbonyl (C=O) groups is 6. The van der Waals surface area contributed by atoms with Gasteiger partial charge >= 0.3 is 0 Å². The molecule has 18 aromatic rings. The zero-order valence-corrected chi connectivity index (χ0v) is 65.4. The Kier molecular flexibility index (Phi) is 13.4. The van der Waals surface area contributed by atoms with Crippen LogP contribution in [0, 0.1) is 0 Å². The van der Waals surface area contributed by atoms with Crippen LogP contribution in [-0.2, 0) is 0 Å².